The van der Waals surface area contributed by atoms with Gasteiger partial charge in [-0.05, 0) is 53.9 Å². The zero-order chi connectivity index (χ0) is 30.9. The minimum atomic E-state index is -1.46. The predicted molar refractivity (Wildman–Crippen MR) is 173 cm³/mol. The zero-order valence-electron chi connectivity index (χ0n) is 24.2. The molecule has 0 saturated carbocycles. The maximum Gasteiger partial charge on any atom is 0.252 e. The predicted octanol–water partition coefficient (Wildman–Crippen LogP) is 7.28. The van der Waals surface area contributed by atoms with Crippen LogP contribution in [0.25, 0.3) is 10.4 Å². The molecule has 0 aromatic heterocycles. The molecule has 1 heterocycles. The quantitative estimate of drug-likeness (QED) is 0.0720. The highest BCUT2D eigenvalue weighted by Crippen LogP contribution is 2.46. The Balaban J connectivity index is 1.61. The molecule has 0 unspecified atom stereocenters. The van der Waals surface area contributed by atoms with Crippen molar-refractivity contribution in [1.29, 1.82) is 0 Å². The molecule has 1 aliphatic rings. The number of benzene rings is 4. The summed E-state index contributed by atoms with van der Waals surface area (Å²) in [5.41, 5.74) is 12.4. The number of rotatable bonds is 12. The summed E-state index contributed by atoms with van der Waals surface area (Å²) in [6.07, 6.45) is -0.182. The third-order valence-corrected chi connectivity index (χ3v) is 8.13. The van der Waals surface area contributed by atoms with Crippen molar-refractivity contribution in [2.24, 2.45) is 10.1 Å². The second-order valence-corrected chi connectivity index (χ2v) is 11.3. The van der Waals surface area contributed by atoms with E-state index in [0.717, 1.165) is 21.2 Å². The lowest BCUT2D eigenvalue weighted by molar-refractivity contribution is -0.129. The van der Waals surface area contributed by atoms with E-state index in [0.29, 0.717) is 42.1 Å². The number of carbonyl (C=O) groups excluding carboxylic acids is 1. The lowest BCUT2D eigenvalue weighted by Crippen LogP contribution is -2.49. The number of carbonyl (C=O) groups is 1. The summed E-state index contributed by atoms with van der Waals surface area (Å²) >= 11 is 3.65. The van der Waals surface area contributed by atoms with Gasteiger partial charge in [-0.3, -0.25) is 4.79 Å². The van der Waals surface area contributed by atoms with Crippen LogP contribution in [0.2, 0.25) is 0 Å². The minimum absolute atomic E-state index is 0.0486. The van der Waals surface area contributed by atoms with Crippen LogP contribution < -0.4 is 10.1 Å². The maximum atomic E-state index is 14.5. The molecule has 10 heteroatoms. The highest BCUT2D eigenvalue weighted by atomic mass is 79.9. The van der Waals surface area contributed by atoms with Crippen molar-refractivity contribution in [3.05, 3.63) is 140 Å². The fraction of sp³-hybridized carbons (Fsp3) is 0.235. The van der Waals surface area contributed by atoms with Crippen molar-refractivity contribution < 1.29 is 19.4 Å². The topological polar surface area (TPSA) is 129 Å². The third-order valence-electron chi connectivity index (χ3n) is 7.35. The van der Waals surface area contributed by atoms with Gasteiger partial charge in [0.05, 0.1) is 6.61 Å². The molecule has 0 radical (unpaired) electrons. The van der Waals surface area contributed by atoms with Crippen LogP contribution in [0.3, 0.4) is 0 Å². The summed E-state index contributed by atoms with van der Waals surface area (Å²) in [4.78, 5) is 22.6. The Morgan fingerprint density at radius 3 is 2.61 bits per heavy atom. The van der Waals surface area contributed by atoms with Crippen molar-refractivity contribution in [3.8, 4) is 5.75 Å². The van der Waals surface area contributed by atoms with E-state index in [1.54, 1.807) is 30.3 Å². The molecular weight excluding hydrogens is 622 g/mol. The molecule has 44 heavy (non-hydrogen) atoms. The van der Waals surface area contributed by atoms with E-state index in [9.17, 15) is 10.3 Å². The molecule has 0 fully saturated rings. The first-order valence-corrected chi connectivity index (χ1v) is 15.0. The van der Waals surface area contributed by atoms with Crippen LogP contribution >= 0.6 is 15.9 Å². The van der Waals surface area contributed by atoms with E-state index in [2.05, 4.69) is 31.3 Å². The first-order chi connectivity index (χ1) is 21.4. The Labute approximate surface area is 264 Å². The van der Waals surface area contributed by atoms with Gasteiger partial charge < -0.3 is 19.9 Å². The van der Waals surface area contributed by atoms with Gasteiger partial charge in [-0.15, -0.1) is 0 Å². The van der Waals surface area contributed by atoms with Crippen molar-refractivity contribution in [3.63, 3.8) is 0 Å². The van der Waals surface area contributed by atoms with E-state index in [1.165, 1.54) is 0 Å². The van der Waals surface area contributed by atoms with E-state index in [1.807, 2.05) is 73.7 Å². The van der Waals surface area contributed by atoms with Crippen LogP contribution in [0.4, 0.5) is 5.69 Å². The molecule has 5 rings (SSSR count). The molecule has 0 bridgehead atoms. The number of hydrogen-bond acceptors (Lipinski definition) is 6. The number of aliphatic imine (C=N–C) groups is 1. The summed E-state index contributed by atoms with van der Waals surface area (Å²) in [6.45, 7) is 2.75. The number of aliphatic hydroxyl groups excluding tert-OH is 1. The van der Waals surface area contributed by atoms with Gasteiger partial charge in [0.1, 0.15) is 5.75 Å². The number of halogens is 1. The number of aryl methyl sites for hydroxylation is 1. The van der Waals surface area contributed by atoms with Gasteiger partial charge in [0.25, 0.3) is 5.91 Å². The molecule has 2 atom stereocenters. The second kappa shape index (κ2) is 14.2. The van der Waals surface area contributed by atoms with Crippen LogP contribution in [0, 0.1) is 6.92 Å². The average molecular weight is 655 g/mol. The van der Waals surface area contributed by atoms with Gasteiger partial charge in [-0.2, -0.15) is 0 Å². The number of nitrogens with zero attached hydrogens (tertiary/aromatic N) is 4. The minimum Gasteiger partial charge on any atom is -0.494 e. The molecule has 0 saturated heterocycles. The summed E-state index contributed by atoms with van der Waals surface area (Å²) in [5, 5.41) is 16.1. The van der Waals surface area contributed by atoms with Gasteiger partial charge in [-0.25, -0.2) is 4.99 Å². The van der Waals surface area contributed by atoms with E-state index < -0.39 is 11.6 Å². The molecule has 1 amide bonds. The SMILES string of the molecule is Cc1cccc(CNC(=O)[C@]2(Cc3ccccc3Br)N=C(c3ccc(OCCCO)cc3)O[C@@H]2c2ccccc2N=[N+]=[N-])c1. The zero-order valence-corrected chi connectivity index (χ0v) is 25.8. The lowest BCUT2D eigenvalue weighted by atomic mass is 9.81. The first-order valence-electron chi connectivity index (χ1n) is 14.3. The number of nitrogens with one attached hydrogen (secondary N) is 1. The maximum absolute atomic E-state index is 14.5. The van der Waals surface area contributed by atoms with Gasteiger partial charge in [0.15, 0.2) is 11.6 Å². The monoisotopic (exact) mass is 653 g/mol. The second-order valence-electron chi connectivity index (χ2n) is 10.5. The third kappa shape index (κ3) is 6.94. The van der Waals surface area contributed by atoms with Crippen molar-refractivity contribution >= 4 is 33.4 Å². The summed E-state index contributed by atoms with van der Waals surface area (Å²) < 4.78 is 13.1. The van der Waals surface area contributed by atoms with Gasteiger partial charge in [0.2, 0.25) is 5.90 Å². The fourth-order valence-electron chi connectivity index (χ4n) is 5.20. The van der Waals surface area contributed by atoms with Crippen molar-refractivity contribution in [2.75, 3.05) is 13.2 Å². The summed E-state index contributed by atoms with van der Waals surface area (Å²) in [7, 11) is 0. The molecule has 4 aromatic carbocycles. The first kappa shape index (κ1) is 30.8. The smallest absolute Gasteiger partial charge is 0.252 e. The number of amides is 1. The molecule has 9 nitrogen and oxygen atoms in total. The Morgan fingerprint density at radius 2 is 1.86 bits per heavy atom. The van der Waals surface area contributed by atoms with E-state index in [-0.39, 0.29) is 24.8 Å². The van der Waals surface area contributed by atoms with Crippen LogP contribution in [-0.2, 0) is 22.5 Å². The fourth-order valence-corrected chi connectivity index (χ4v) is 5.62. The normalized spacial score (nSPS) is 17.2. The van der Waals surface area contributed by atoms with E-state index in [4.69, 9.17) is 19.6 Å². The van der Waals surface area contributed by atoms with Gasteiger partial charge in [-0.1, -0.05) is 93.3 Å². The molecule has 0 spiro atoms. The highest BCUT2D eigenvalue weighted by Gasteiger charge is 2.54. The van der Waals surface area contributed by atoms with Crippen LogP contribution in [0.15, 0.2) is 112 Å². The van der Waals surface area contributed by atoms with Crippen LogP contribution in [-0.4, -0.2) is 35.7 Å². The standard InChI is InChI=1S/C34H32BrN5O4/c1-23-8-6-9-24(20-23)22-37-33(42)34(21-26-10-2-4-12-29(26)35)31(28-11-3-5-13-30(28)39-40-36)44-32(38-34)25-14-16-27(17-15-25)43-19-7-18-41/h2-6,8-17,20,31,41H,7,18-19,21-22H2,1H3,(H,37,42)/t31-,34-/m1/s1. The molecule has 4 aromatic rings. The number of azide groups is 1. The van der Waals surface area contributed by atoms with Gasteiger partial charge >= 0.3 is 0 Å². The lowest BCUT2D eigenvalue weighted by Gasteiger charge is -2.31. The van der Waals surface area contributed by atoms with Gasteiger partial charge in [0, 0.05) is 52.2 Å². The summed E-state index contributed by atoms with van der Waals surface area (Å²) in [6, 6.07) is 30.0. The van der Waals surface area contributed by atoms with E-state index >= 15 is 0 Å². The Morgan fingerprint density at radius 1 is 1.09 bits per heavy atom. The molecule has 2 N–H and O–H groups in total. The molecular formula is C34H32BrN5O4. The van der Waals surface area contributed by atoms with Crippen molar-refractivity contribution in [2.45, 2.75) is 38.0 Å². The number of aliphatic hydroxyl groups is 1. The number of hydrogen-bond donors (Lipinski definition) is 2. The Hall–Kier alpha value is -4.63. The van der Waals surface area contributed by atoms with Crippen molar-refractivity contribution in [1.82, 2.24) is 5.32 Å². The van der Waals surface area contributed by atoms with Crippen LogP contribution in [0.1, 0.15) is 40.3 Å². The molecule has 1 aliphatic heterocycles. The molecule has 0 aliphatic carbocycles. The average Bonchev–Trinajstić information content (AvgIpc) is 3.42. The Kier molecular flexibility index (Phi) is 9.96. The Bertz CT molecular complexity index is 1700. The molecule has 224 valence electrons. The van der Waals surface area contributed by atoms with Crippen LogP contribution in [0.5, 0.6) is 5.75 Å². The summed E-state index contributed by atoms with van der Waals surface area (Å²) in [5.74, 6) is 0.598. The highest BCUT2D eigenvalue weighted by molar-refractivity contribution is 9.10. The largest absolute Gasteiger partial charge is 0.494 e. The number of ether oxygens (including phenoxy) is 2.